The topological polar surface area (TPSA) is 44.5 Å². The van der Waals surface area contributed by atoms with E-state index in [0.717, 1.165) is 24.3 Å². The van der Waals surface area contributed by atoms with Crippen LogP contribution in [0, 0.1) is 11.8 Å². The SMILES string of the molecule is NCC#Cc1ccc(OC2CCOC2)cc1. The summed E-state index contributed by atoms with van der Waals surface area (Å²) in [5, 5.41) is 0. The molecule has 2 N–H and O–H groups in total. The van der Waals surface area contributed by atoms with Gasteiger partial charge in [-0.2, -0.15) is 0 Å². The molecule has 1 heterocycles. The zero-order valence-electron chi connectivity index (χ0n) is 9.11. The van der Waals surface area contributed by atoms with Crippen molar-refractivity contribution in [1.29, 1.82) is 0 Å². The number of hydrogen-bond acceptors (Lipinski definition) is 3. The molecule has 0 radical (unpaired) electrons. The second kappa shape index (κ2) is 5.55. The average Bonchev–Trinajstić information content (AvgIpc) is 2.81. The van der Waals surface area contributed by atoms with Crippen molar-refractivity contribution in [2.45, 2.75) is 12.5 Å². The van der Waals surface area contributed by atoms with Crippen LogP contribution >= 0.6 is 0 Å². The lowest BCUT2D eigenvalue weighted by Gasteiger charge is -2.11. The fraction of sp³-hybridized carbons (Fsp3) is 0.385. The summed E-state index contributed by atoms with van der Waals surface area (Å²) in [6, 6.07) is 7.74. The Labute approximate surface area is 95.5 Å². The van der Waals surface area contributed by atoms with E-state index in [1.165, 1.54) is 0 Å². The number of rotatable bonds is 2. The summed E-state index contributed by atoms with van der Waals surface area (Å²) in [5.41, 5.74) is 6.26. The molecule has 1 aromatic carbocycles. The van der Waals surface area contributed by atoms with E-state index >= 15 is 0 Å². The third-order valence-electron chi connectivity index (χ3n) is 2.38. The van der Waals surface area contributed by atoms with Gasteiger partial charge in [0.1, 0.15) is 11.9 Å². The molecule has 1 fully saturated rings. The molecule has 1 aromatic rings. The van der Waals surface area contributed by atoms with Crippen LogP contribution < -0.4 is 10.5 Å². The number of nitrogens with two attached hydrogens (primary N) is 1. The summed E-state index contributed by atoms with van der Waals surface area (Å²) in [7, 11) is 0. The molecule has 1 saturated heterocycles. The van der Waals surface area contributed by atoms with E-state index in [4.69, 9.17) is 15.2 Å². The van der Waals surface area contributed by atoms with Crippen molar-refractivity contribution in [3.05, 3.63) is 29.8 Å². The third-order valence-corrected chi connectivity index (χ3v) is 2.38. The second-order valence-corrected chi connectivity index (χ2v) is 3.63. The van der Waals surface area contributed by atoms with Gasteiger partial charge in [-0.1, -0.05) is 11.8 Å². The molecule has 0 amide bonds. The molecule has 16 heavy (non-hydrogen) atoms. The van der Waals surface area contributed by atoms with Gasteiger partial charge in [-0.15, -0.1) is 0 Å². The van der Waals surface area contributed by atoms with Gasteiger partial charge in [0.2, 0.25) is 0 Å². The van der Waals surface area contributed by atoms with Crippen molar-refractivity contribution in [2.24, 2.45) is 5.73 Å². The van der Waals surface area contributed by atoms with Crippen LogP contribution in [-0.4, -0.2) is 25.9 Å². The van der Waals surface area contributed by atoms with Crippen LogP contribution in [0.25, 0.3) is 0 Å². The monoisotopic (exact) mass is 217 g/mol. The maximum atomic E-state index is 5.74. The van der Waals surface area contributed by atoms with Crippen molar-refractivity contribution in [2.75, 3.05) is 19.8 Å². The van der Waals surface area contributed by atoms with E-state index in [9.17, 15) is 0 Å². The summed E-state index contributed by atoms with van der Waals surface area (Å²) in [6.07, 6.45) is 1.16. The van der Waals surface area contributed by atoms with E-state index < -0.39 is 0 Å². The highest BCUT2D eigenvalue weighted by Gasteiger charge is 2.16. The van der Waals surface area contributed by atoms with Gasteiger partial charge in [-0.3, -0.25) is 0 Å². The highest BCUT2D eigenvalue weighted by atomic mass is 16.5. The summed E-state index contributed by atoms with van der Waals surface area (Å²) < 4.78 is 11.0. The molecule has 0 bridgehead atoms. The summed E-state index contributed by atoms with van der Waals surface area (Å²) in [4.78, 5) is 0. The molecule has 2 rings (SSSR count). The zero-order valence-corrected chi connectivity index (χ0v) is 9.11. The molecule has 3 nitrogen and oxygen atoms in total. The van der Waals surface area contributed by atoms with Crippen LogP contribution in [-0.2, 0) is 4.74 Å². The Kier molecular flexibility index (Phi) is 3.81. The van der Waals surface area contributed by atoms with E-state index in [-0.39, 0.29) is 6.10 Å². The Morgan fingerprint density at radius 3 is 2.81 bits per heavy atom. The quantitative estimate of drug-likeness (QED) is 0.756. The molecule has 3 heteroatoms. The minimum atomic E-state index is 0.195. The lowest BCUT2D eigenvalue weighted by molar-refractivity contribution is 0.141. The van der Waals surface area contributed by atoms with Gasteiger partial charge in [0, 0.05) is 12.0 Å². The van der Waals surface area contributed by atoms with Crippen molar-refractivity contribution in [1.82, 2.24) is 0 Å². The number of ether oxygens (including phenoxy) is 2. The van der Waals surface area contributed by atoms with Gasteiger partial charge >= 0.3 is 0 Å². The van der Waals surface area contributed by atoms with Crippen LogP contribution in [0.3, 0.4) is 0 Å². The van der Waals surface area contributed by atoms with E-state index in [1.807, 2.05) is 24.3 Å². The Morgan fingerprint density at radius 1 is 1.38 bits per heavy atom. The molecular formula is C13H15NO2. The Bertz CT molecular complexity index is 383. The van der Waals surface area contributed by atoms with E-state index in [1.54, 1.807) is 0 Å². The second-order valence-electron chi connectivity index (χ2n) is 3.63. The van der Waals surface area contributed by atoms with Gasteiger partial charge < -0.3 is 15.2 Å². The lowest BCUT2D eigenvalue weighted by Crippen LogP contribution is -2.15. The standard InChI is InChI=1S/C13H15NO2/c14-8-1-2-11-3-5-12(6-4-11)16-13-7-9-15-10-13/h3-6,13H,7-10,14H2. The van der Waals surface area contributed by atoms with Crippen molar-refractivity contribution in [3.63, 3.8) is 0 Å². The Hall–Kier alpha value is -1.50. The first kappa shape index (κ1) is 11.0. The predicted octanol–water partition coefficient (Wildman–Crippen LogP) is 1.16. The van der Waals surface area contributed by atoms with E-state index in [0.29, 0.717) is 13.2 Å². The zero-order chi connectivity index (χ0) is 11.2. The van der Waals surface area contributed by atoms with Gasteiger partial charge in [-0.25, -0.2) is 0 Å². The molecule has 1 unspecified atom stereocenters. The third kappa shape index (κ3) is 2.99. The molecule has 0 aliphatic carbocycles. The molecule has 0 saturated carbocycles. The maximum absolute atomic E-state index is 5.74. The minimum absolute atomic E-state index is 0.195. The van der Waals surface area contributed by atoms with Crippen LogP contribution in [0.2, 0.25) is 0 Å². The van der Waals surface area contributed by atoms with E-state index in [2.05, 4.69) is 11.8 Å². The molecule has 1 aliphatic heterocycles. The maximum Gasteiger partial charge on any atom is 0.124 e. The van der Waals surface area contributed by atoms with Crippen LogP contribution in [0.4, 0.5) is 0 Å². The summed E-state index contributed by atoms with van der Waals surface area (Å²) in [6.45, 7) is 1.87. The molecule has 0 aromatic heterocycles. The minimum Gasteiger partial charge on any atom is -0.488 e. The van der Waals surface area contributed by atoms with Gasteiger partial charge in [0.15, 0.2) is 0 Å². The largest absolute Gasteiger partial charge is 0.488 e. The summed E-state index contributed by atoms with van der Waals surface area (Å²) in [5.74, 6) is 6.65. The Morgan fingerprint density at radius 2 is 2.19 bits per heavy atom. The highest BCUT2D eigenvalue weighted by Crippen LogP contribution is 2.17. The van der Waals surface area contributed by atoms with Crippen LogP contribution in [0.5, 0.6) is 5.75 Å². The number of hydrogen-bond donors (Lipinski definition) is 1. The first-order valence-electron chi connectivity index (χ1n) is 5.42. The molecule has 84 valence electrons. The molecule has 1 atom stereocenters. The highest BCUT2D eigenvalue weighted by molar-refractivity contribution is 5.38. The summed E-state index contributed by atoms with van der Waals surface area (Å²) >= 11 is 0. The first-order valence-corrected chi connectivity index (χ1v) is 5.42. The molecule has 1 aliphatic rings. The smallest absolute Gasteiger partial charge is 0.124 e. The fourth-order valence-corrected chi connectivity index (χ4v) is 1.57. The van der Waals surface area contributed by atoms with Crippen molar-refractivity contribution >= 4 is 0 Å². The van der Waals surface area contributed by atoms with Gasteiger partial charge in [0.25, 0.3) is 0 Å². The molecular weight excluding hydrogens is 202 g/mol. The first-order chi connectivity index (χ1) is 7.88. The lowest BCUT2D eigenvalue weighted by atomic mass is 10.2. The normalized spacial score (nSPS) is 18.9. The van der Waals surface area contributed by atoms with Crippen LogP contribution in [0.15, 0.2) is 24.3 Å². The van der Waals surface area contributed by atoms with Crippen molar-refractivity contribution < 1.29 is 9.47 Å². The van der Waals surface area contributed by atoms with Crippen molar-refractivity contribution in [3.8, 4) is 17.6 Å². The average molecular weight is 217 g/mol. The predicted molar refractivity (Wildman–Crippen MR) is 62.2 cm³/mol. The number of benzene rings is 1. The Balaban J connectivity index is 1.95. The van der Waals surface area contributed by atoms with Crippen LogP contribution in [0.1, 0.15) is 12.0 Å². The fourth-order valence-electron chi connectivity index (χ4n) is 1.57. The van der Waals surface area contributed by atoms with Gasteiger partial charge in [-0.05, 0) is 24.3 Å². The molecule has 0 spiro atoms. The van der Waals surface area contributed by atoms with Gasteiger partial charge in [0.05, 0.1) is 19.8 Å².